The van der Waals surface area contributed by atoms with E-state index in [1.807, 2.05) is 7.11 Å². The van der Waals surface area contributed by atoms with Crippen LogP contribution in [-0.4, -0.2) is 70.9 Å². The van der Waals surface area contributed by atoms with Gasteiger partial charge in [0.1, 0.15) is 0 Å². The summed E-state index contributed by atoms with van der Waals surface area (Å²) in [5.41, 5.74) is 12.3. The number of hydrogen-bond acceptors (Lipinski definition) is 7. The lowest BCUT2D eigenvalue weighted by molar-refractivity contribution is 0.123. The molecule has 0 atom stereocenters. The van der Waals surface area contributed by atoms with Crippen LogP contribution < -0.4 is 11.5 Å². The monoisotopic (exact) mass is 414 g/mol. The van der Waals surface area contributed by atoms with E-state index >= 15 is 0 Å². The van der Waals surface area contributed by atoms with Crippen molar-refractivity contribution >= 4 is 17.1 Å². The molecule has 0 heterocycles. The van der Waals surface area contributed by atoms with E-state index in [0.717, 1.165) is 32.5 Å². The second-order valence-electron chi connectivity index (χ2n) is 6.55. The van der Waals surface area contributed by atoms with Gasteiger partial charge < -0.3 is 34.3 Å². The summed E-state index contributed by atoms with van der Waals surface area (Å²) < 4.78 is 21.4. The molecule has 0 bridgehead atoms. The summed E-state index contributed by atoms with van der Waals surface area (Å²) in [5, 5.41) is 7.00. The highest BCUT2D eigenvalue weighted by Gasteiger charge is 2.40. The van der Waals surface area contributed by atoms with Crippen molar-refractivity contribution in [2.75, 3.05) is 48.6 Å². The third kappa shape index (κ3) is 11.1. The molecule has 9 heteroatoms. The second kappa shape index (κ2) is 18.5. The Labute approximate surface area is 164 Å². The van der Waals surface area contributed by atoms with Crippen LogP contribution in [-0.2, 0) is 17.7 Å². The fourth-order valence-electron chi connectivity index (χ4n) is 3.07. The van der Waals surface area contributed by atoms with Crippen molar-refractivity contribution in [2.45, 2.75) is 63.7 Å². The molecule has 0 amide bonds. The molecule has 0 aromatic carbocycles. The predicted molar refractivity (Wildman–Crippen MR) is 115 cm³/mol. The molecule has 0 saturated carbocycles. The molecule has 0 fully saturated rings. The normalized spacial score (nSPS) is 11.8. The van der Waals surface area contributed by atoms with Gasteiger partial charge in [0.05, 0.1) is 0 Å². The van der Waals surface area contributed by atoms with E-state index in [1.165, 1.54) is 6.04 Å². The van der Waals surface area contributed by atoms with Gasteiger partial charge >= 0.3 is 8.80 Å². The van der Waals surface area contributed by atoms with Gasteiger partial charge in [-0.25, -0.2) is 0 Å². The van der Waals surface area contributed by atoms with Crippen molar-refractivity contribution in [2.24, 2.45) is 11.5 Å². The molecule has 0 unspecified atom stereocenters. The maximum Gasteiger partial charge on any atom is 0.500 e. The Morgan fingerprint density at radius 2 is 1.04 bits per heavy atom. The summed E-state index contributed by atoms with van der Waals surface area (Å²) in [5.74, 6) is 0. The van der Waals surface area contributed by atoms with Crippen molar-refractivity contribution in [3.8, 4) is 0 Å². The Morgan fingerprint density at radius 1 is 0.692 bits per heavy atom. The van der Waals surface area contributed by atoms with E-state index in [4.69, 9.17) is 34.3 Å². The second-order valence-corrected chi connectivity index (χ2v) is 14.8. The SMILES string of the molecule is CO.CO[Si](CCCN)(C(C)C)C(C)C.CO[Si](CCCN)(OC)OC. The minimum absolute atomic E-state index is 0.644. The molecule has 0 rings (SSSR count). The minimum Gasteiger partial charge on any atom is -0.419 e. The molecule has 0 aliphatic rings. The number of hydrogen-bond donors (Lipinski definition) is 3. The molecule has 0 aliphatic carbocycles. The molecular formula is C17H46N2O5Si2. The Hall–Kier alpha value is 0.154. The van der Waals surface area contributed by atoms with E-state index in [0.29, 0.717) is 17.6 Å². The molecule has 7 nitrogen and oxygen atoms in total. The lowest BCUT2D eigenvalue weighted by Crippen LogP contribution is -2.44. The van der Waals surface area contributed by atoms with Gasteiger partial charge in [-0.05, 0) is 43.1 Å². The summed E-state index contributed by atoms with van der Waals surface area (Å²) >= 11 is 0. The van der Waals surface area contributed by atoms with Gasteiger partial charge in [0.25, 0.3) is 0 Å². The zero-order valence-corrected chi connectivity index (χ0v) is 20.6. The largest absolute Gasteiger partial charge is 0.500 e. The molecule has 0 saturated heterocycles. The summed E-state index contributed by atoms with van der Waals surface area (Å²) in [6, 6.07) is 1.99. The third-order valence-electron chi connectivity index (χ3n) is 4.73. The van der Waals surface area contributed by atoms with Crippen LogP contribution in [0, 0.1) is 0 Å². The molecule has 0 aromatic rings. The number of rotatable bonds is 12. The van der Waals surface area contributed by atoms with Gasteiger partial charge in [-0.3, -0.25) is 0 Å². The first-order chi connectivity index (χ1) is 12.3. The highest BCUT2D eigenvalue weighted by molar-refractivity contribution is 6.76. The fraction of sp³-hybridized carbons (Fsp3) is 1.00. The summed E-state index contributed by atoms with van der Waals surface area (Å²) in [4.78, 5) is 0. The van der Waals surface area contributed by atoms with Crippen molar-refractivity contribution < 1.29 is 22.8 Å². The quantitative estimate of drug-likeness (QED) is 0.421. The average Bonchev–Trinajstić information content (AvgIpc) is 2.66. The van der Waals surface area contributed by atoms with Crippen LogP contribution in [0.3, 0.4) is 0 Å². The molecule has 0 aliphatic heterocycles. The van der Waals surface area contributed by atoms with Gasteiger partial charge in [0.15, 0.2) is 8.32 Å². The molecule has 26 heavy (non-hydrogen) atoms. The van der Waals surface area contributed by atoms with Crippen LogP contribution in [0.25, 0.3) is 0 Å². The maximum absolute atomic E-state index is 7.00. The Kier molecular flexibility index (Phi) is 22.0. The van der Waals surface area contributed by atoms with Crippen molar-refractivity contribution in [1.29, 1.82) is 0 Å². The lowest BCUT2D eigenvalue weighted by Gasteiger charge is -2.37. The van der Waals surface area contributed by atoms with Gasteiger partial charge in [-0.1, -0.05) is 27.7 Å². The third-order valence-corrected chi connectivity index (χ3v) is 13.4. The van der Waals surface area contributed by atoms with Crippen LogP contribution in [0.1, 0.15) is 40.5 Å². The van der Waals surface area contributed by atoms with E-state index in [1.54, 1.807) is 21.3 Å². The Bertz CT molecular complexity index is 278. The average molecular weight is 415 g/mol. The van der Waals surface area contributed by atoms with Gasteiger partial charge in [-0.2, -0.15) is 0 Å². The highest BCUT2D eigenvalue weighted by Crippen LogP contribution is 2.36. The standard InChI is InChI=1S/C10H25NOSi.C6H17NO3Si.CH4O/c1-9(2)13(12-5,10(3)4)8-6-7-11;1-8-11(9-2,10-3)6-4-5-7;1-2/h9-10H,6-8,11H2,1-5H3;4-7H2,1-3H3;2H,1H3. The van der Waals surface area contributed by atoms with Crippen molar-refractivity contribution in [3.63, 3.8) is 0 Å². The molecule has 0 aromatic heterocycles. The molecule has 0 radical (unpaired) electrons. The summed E-state index contributed by atoms with van der Waals surface area (Å²) in [7, 11) is 3.85. The number of aliphatic hydroxyl groups is 1. The molecule has 0 spiro atoms. The number of nitrogens with two attached hydrogens (primary N) is 2. The minimum atomic E-state index is -2.32. The summed E-state index contributed by atoms with van der Waals surface area (Å²) in [6.07, 6.45) is 1.98. The van der Waals surface area contributed by atoms with Crippen LogP contribution in [0.2, 0.25) is 23.2 Å². The molecule has 162 valence electrons. The van der Waals surface area contributed by atoms with E-state index in [2.05, 4.69) is 27.7 Å². The lowest BCUT2D eigenvalue weighted by atomic mass is 10.5. The Morgan fingerprint density at radius 3 is 1.27 bits per heavy atom. The van der Waals surface area contributed by atoms with E-state index < -0.39 is 17.1 Å². The smallest absolute Gasteiger partial charge is 0.419 e. The fourth-order valence-corrected chi connectivity index (χ4v) is 9.21. The van der Waals surface area contributed by atoms with Crippen LogP contribution in [0.4, 0.5) is 0 Å². The zero-order chi connectivity index (χ0) is 21.2. The Balaban J connectivity index is -0.000000375. The zero-order valence-electron chi connectivity index (χ0n) is 18.6. The first kappa shape index (κ1) is 30.9. The molecule has 5 N–H and O–H groups in total. The maximum atomic E-state index is 7.00. The van der Waals surface area contributed by atoms with E-state index in [-0.39, 0.29) is 0 Å². The van der Waals surface area contributed by atoms with E-state index in [9.17, 15) is 0 Å². The summed E-state index contributed by atoms with van der Waals surface area (Å²) in [6.45, 7) is 10.6. The first-order valence-corrected chi connectivity index (χ1v) is 13.5. The highest BCUT2D eigenvalue weighted by atomic mass is 28.4. The van der Waals surface area contributed by atoms with Crippen LogP contribution in [0.5, 0.6) is 0 Å². The van der Waals surface area contributed by atoms with Crippen LogP contribution >= 0.6 is 0 Å². The topological polar surface area (TPSA) is 109 Å². The number of aliphatic hydroxyl groups excluding tert-OH is 1. The molecular weight excluding hydrogens is 368 g/mol. The predicted octanol–water partition coefficient (Wildman–Crippen LogP) is 2.57. The van der Waals surface area contributed by atoms with Gasteiger partial charge in [-0.15, -0.1) is 0 Å². The van der Waals surface area contributed by atoms with Crippen molar-refractivity contribution in [1.82, 2.24) is 0 Å². The van der Waals surface area contributed by atoms with Gasteiger partial charge in [0, 0.05) is 41.6 Å². The van der Waals surface area contributed by atoms with Crippen LogP contribution in [0.15, 0.2) is 0 Å². The van der Waals surface area contributed by atoms with Crippen molar-refractivity contribution in [3.05, 3.63) is 0 Å². The van der Waals surface area contributed by atoms with Gasteiger partial charge in [0.2, 0.25) is 0 Å². The first-order valence-electron chi connectivity index (χ1n) is 9.31.